The third-order valence-electron chi connectivity index (χ3n) is 4.18. The minimum atomic E-state index is 0.686. The summed E-state index contributed by atoms with van der Waals surface area (Å²) < 4.78 is 1.74. The van der Waals surface area contributed by atoms with Gasteiger partial charge in [0.05, 0.1) is 16.7 Å². The molecule has 3 heterocycles. The molecular weight excluding hydrogens is 264 g/mol. The van der Waals surface area contributed by atoms with Gasteiger partial charge >= 0.3 is 0 Å². The van der Waals surface area contributed by atoms with Crippen LogP contribution in [0.25, 0.3) is 17.0 Å². The molecule has 4 rings (SSSR count). The molecule has 0 atom stereocenters. The summed E-state index contributed by atoms with van der Waals surface area (Å²) in [5.41, 5.74) is 10.5. The topological polar surface area (TPSA) is 75.8 Å². The molecule has 6 nitrogen and oxygen atoms in total. The fraction of sp³-hybridized carbons (Fsp3) is 0.333. The number of para-hydroxylation sites is 2. The molecule has 6 heteroatoms. The maximum atomic E-state index is 6.31. The highest BCUT2D eigenvalue weighted by Crippen LogP contribution is 2.26. The molecule has 0 unspecified atom stereocenters. The van der Waals surface area contributed by atoms with Crippen molar-refractivity contribution in [3.63, 3.8) is 0 Å². The Morgan fingerprint density at radius 2 is 2.19 bits per heavy atom. The van der Waals surface area contributed by atoms with Gasteiger partial charge in [-0.05, 0) is 18.7 Å². The van der Waals surface area contributed by atoms with Gasteiger partial charge in [0.25, 0.3) is 0 Å². The van der Waals surface area contributed by atoms with E-state index in [0.29, 0.717) is 11.8 Å². The molecule has 0 bridgehead atoms. The summed E-state index contributed by atoms with van der Waals surface area (Å²) in [6, 6.07) is 7.95. The van der Waals surface area contributed by atoms with Crippen LogP contribution in [0.1, 0.15) is 18.2 Å². The number of nitrogens with two attached hydrogens (primary N) is 1. The van der Waals surface area contributed by atoms with E-state index in [9.17, 15) is 0 Å². The number of nitrogen functional groups attached to an aromatic ring is 1. The van der Waals surface area contributed by atoms with Gasteiger partial charge in [-0.2, -0.15) is 9.78 Å². The Balaban J connectivity index is 1.81. The number of nitrogens with zero attached hydrogens (tertiary/aromatic N) is 4. The fourth-order valence-electron chi connectivity index (χ4n) is 2.92. The Morgan fingerprint density at radius 1 is 1.33 bits per heavy atom. The van der Waals surface area contributed by atoms with Crippen molar-refractivity contribution in [1.82, 2.24) is 24.6 Å². The zero-order valence-corrected chi connectivity index (χ0v) is 12.0. The minimum absolute atomic E-state index is 0.686. The number of fused-ring (bicyclic) bond motifs is 2. The average molecular weight is 282 g/mol. The molecule has 1 aliphatic heterocycles. The molecule has 21 heavy (non-hydrogen) atoms. The standard InChI is InChI=1S/C15H18N6/c1-2-20-8-7-11-10(9-20)14(16)21(19-11)15-17-12-5-3-4-6-13(12)18-15/h3-6H,2,7-9,16H2,1H3,(H,17,18). The van der Waals surface area contributed by atoms with Crippen molar-refractivity contribution in [2.75, 3.05) is 18.8 Å². The molecule has 0 saturated carbocycles. The van der Waals surface area contributed by atoms with Crippen LogP contribution in [-0.4, -0.2) is 37.7 Å². The largest absolute Gasteiger partial charge is 0.383 e. The van der Waals surface area contributed by atoms with Gasteiger partial charge in [0, 0.05) is 25.1 Å². The van der Waals surface area contributed by atoms with Crippen LogP contribution in [0.15, 0.2) is 24.3 Å². The van der Waals surface area contributed by atoms with Gasteiger partial charge in [0.2, 0.25) is 5.95 Å². The molecule has 0 amide bonds. The number of aromatic amines is 1. The molecule has 0 aliphatic carbocycles. The first-order valence-electron chi connectivity index (χ1n) is 7.30. The number of rotatable bonds is 2. The summed E-state index contributed by atoms with van der Waals surface area (Å²) in [4.78, 5) is 10.2. The molecule has 3 aromatic rings. The van der Waals surface area contributed by atoms with E-state index in [1.807, 2.05) is 24.3 Å². The number of hydrogen-bond acceptors (Lipinski definition) is 4. The Kier molecular flexibility index (Phi) is 2.71. The molecular formula is C15H18N6. The lowest BCUT2D eigenvalue weighted by molar-refractivity contribution is 0.267. The Labute approximate surface area is 122 Å². The number of nitrogens with one attached hydrogen (secondary N) is 1. The molecule has 0 fully saturated rings. The number of anilines is 1. The number of H-pyrrole nitrogens is 1. The second kappa shape index (κ2) is 4.60. The van der Waals surface area contributed by atoms with E-state index in [1.54, 1.807) is 4.68 Å². The van der Waals surface area contributed by atoms with Crippen molar-refractivity contribution in [3.8, 4) is 5.95 Å². The SMILES string of the molecule is CCN1CCc2nn(-c3nc4ccccc4[nH]3)c(N)c2C1. The van der Waals surface area contributed by atoms with Crippen molar-refractivity contribution in [3.05, 3.63) is 35.5 Å². The normalized spacial score (nSPS) is 15.5. The van der Waals surface area contributed by atoms with E-state index in [1.165, 1.54) is 0 Å². The number of hydrogen-bond donors (Lipinski definition) is 2. The summed E-state index contributed by atoms with van der Waals surface area (Å²) in [6.45, 7) is 5.12. The van der Waals surface area contributed by atoms with Crippen LogP contribution >= 0.6 is 0 Å². The molecule has 0 saturated heterocycles. The third kappa shape index (κ3) is 1.91. The highest BCUT2D eigenvalue weighted by Gasteiger charge is 2.24. The van der Waals surface area contributed by atoms with Crippen LogP contribution in [0.3, 0.4) is 0 Å². The minimum Gasteiger partial charge on any atom is -0.383 e. The molecule has 0 spiro atoms. The van der Waals surface area contributed by atoms with Crippen LogP contribution < -0.4 is 5.73 Å². The van der Waals surface area contributed by atoms with E-state index in [0.717, 1.165) is 48.3 Å². The lowest BCUT2D eigenvalue weighted by Crippen LogP contribution is -2.30. The van der Waals surface area contributed by atoms with Gasteiger partial charge in [-0.3, -0.25) is 4.90 Å². The summed E-state index contributed by atoms with van der Waals surface area (Å²) in [6.07, 6.45) is 0.945. The molecule has 1 aliphatic rings. The van der Waals surface area contributed by atoms with Crippen molar-refractivity contribution < 1.29 is 0 Å². The third-order valence-corrected chi connectivity index (χ3v) is 4.18. The summed E-state index contributed by atoms with van der Waals surface area (Å²) in [7, 11) is 0. The Morgan fingerprint density at radius 3 is 3.00 bits per heavy atom. The maximum absolute atomic E-state index is 6.31. The quantitative estimate of drug-likeness (QED) is 0.750. The van der Waals surface area contributed by atoms with E-state index >= 15 is 0 Å². The van der Waals surface area contributed by atoms with Crippen LogP contribution in [0.2, 0.25) is 0 Å². The zero-order chi connectivity index (χ0) is 14.4. The Bertz CT molecular complexity index is 767. The van der Waals surface area contributed by atoms with Gasteiger partial charge in [-0.15, -0.1) is 0 Å². The molecule has 0 radical (unpaired) electrons. The summed E-state index contributed by atoms with van der Waals surface area (Å²) >= 11 is 0. The molecule has 3 N–H and O–H groups in total. The van der Waals surface area contributed by atoms with Crippen molar-refractivity contribution in [1.29, 1.82) is 0 Å². The molecule has 1 aromatic carbocycles. The van der Waals surface area contributed by atoms with Gasteiger partial charge in [0.1, 0.15) is 5.82 Å². The number of benzene rings is 1. The van der Waals surface area contributed by atoms with Crippen LogP contribution in [-0.2, 0) is 13.0 Å². The summed E-state index contributed by atoms with van der Waals surface area (Å²) in [5.74, 6) is 1.38. The lowest BCUT2D eigenvalue weighted by atomic mass is 10.1. The van der Waals surface area contributed by atoms with Crippen LogP contribution in [0.4, 0.5) is 5.82 Å². The zero-order valence-electron chi connectivity index (χ0n) is 12.0. The highest BCUT2D eigenvalue weighted by molar-refractivity contribution is 5.76. The average Bonchev–Trinajstić information content (AvgIpc) is 3.08. The van der Waals surface area contributed by atoms with Gasteiger partial charge < -0.3 is 10.7 Å². The molecule has 2 aromatic heterocycles. The predicted octanol–water partition coefficient (Wildman–Crippen LogP) is 1.71. The highest BCUT2D eigenvalue weighted by atomic mass is 15.4. The van der Waals surface area contributed by atoms with Crippen LogP contribution in [0, 0.1) is 0 Å². The van der Waals surface area contributed by atoms with Crippen molar-refractivity contribution >= 4 is 16.9 Å². The lowest BCUT2D eigenvalue weighted by Gasteiger charge is -2.24. The predicted molar refractivity (Wildman–Crippen MR) is 82.3 cm³/mol. The first-order valence-corrected chi connectivity index (χ1v) is 7.30. The van der Waals surface area contributed by atoms with Crippen LogP contribution in [0.5, 0.6) is 0 Å². The van der Waals surface area contributed by atoms with Gasteiger partial charge in [0.15, 0.2) is 0 Å². The Hall–Kier alpha value is -2.34. The monoisotopic (exact) mass is 282 g/mol. The number of aromatic nitrogens is 4. The van der Waals surface area contributed by atoms with E-state index in [4.69, 9.17) is 5.73 Å². The van der Waals surface area contributed by atoms with Gasteiger partial charge in [-0.1, -0.05) is 19.1 Å². The maximum Gasteiger partial charge on any atom is 0.231 e. The van der Waals surface area contributed by atoms with Gasteiger partial charge in [-0.25, -0.2) is 4.98 Å². The van der Waals surface area contributed by atoms with E-state index < -0.39 is 0 Å². The second-order valence-electron chi connectivity index (χ2n) is 5.42. The van der Waals surface area contributed by atoms with E-state index in [-0.39, 0.29) is 0 Å². The second-order valence-corrected chi connectivity index (χ2v) is 5.42. The van der Waals surface area contributed by atoms with Crippen molar-refractivity contribution in [2.45, 2.75) is 19.9 Å². The fourth-order valence-corrected chi connectivity index (χ4v) is 2.92. The summed E-state index contributed by atoms with van der Waals surface area (Å²) in [5, 5.41) is 4.66. The van der Waals surface area contributed by atoms with E-state index in [2.05, 4.69) is 26.9 Å². The first kappa shape index (κ1) is 12.4. The number of likely N-dealkylation sites (N-methyl/N-ethyl adjacent to an activating group) is 1. The van der Waals surface area contributed by atoms with Crippen molar-refractivity contribution in [2.24, 2.45) is 0 Å². The molecule has 108 valence electrons. The smallest absolute Gasteiger partial charge is 0.231 e. The number of imidazole rings is 1. The first-order chi connectivity index (χ1) is 10.3.